The zero-order valence-corrected chi connectivity index (χ0v) is 31.5. The van der Waals surface area contributed by atoms with Crippen LogP contribution in [0.1, 0.15) is 48.3 Å². The largest absolute Gasteiger partial charge is 0.496 e. The minimum atomic E-state index is -4.59. The zero-order chi connectivity index (χ0) is 39.7. The molecule has 7 rings (SSSR count). The number of rotatable bonds is 10. The molecule has 0 aliphatic carbocycles. The fraction of sp³-hybridized carbons (Fsp3) is 0.462. The van der Waals surface area contributed by atoms with E-state index in [-0.39, 0.29) is 48.0 Å². The number of alkyl halides is 3. The second kappa shape index (κ2) is 16.0. The molecule has 17 heteroatoms. The van der Waals surface area contributed by atoms with Crippen molar-refractivity contribution in [3.63, 3.8) is 0 Å². The van der Waals surface area contributed by atoms with Gasteiger partial charge in [0.25, 0.3) is 5.56 Å². The summed E-state index contributed by atoms with van der Waals surface area (Å²) < 4.78 is 56.0. The topological polar surface area (TPSA) is 154 Å². The van der Waals surface area contributed by atoms with Gasteiger partial charge in [0, 0.05) is 69.0 Å². The number of aromatic nitrogens is 3. The molecule has 3 aliphatic heterocycles. The van der Waals surface area contributed by atoms with E-state index in [2.05, 4.69) is 25.7 Å². The summed E-state index contributed by atoms with van der Waals surface area (Å²) >= 11 is 0. The van der Waals surface area contributed by atoms with Gasteiger partial charge in [-0.3, -0.25) is 39.4 Å². The minimum Gasteiger partial charge on any atom is -0.496 e. The van der Waals surface area contributed by atoms with Crippen molar-refractivity contribution in [1.29, 1.82) is 0 Å². The number of halogens is 3. The maximum absolute atomic E-state index is 14.3. The molecule has 3 amide bonds. The number of nitrogens with zero attached hydrogens (tertiary/aromatic N) is 5. The number of methoxy groups -OCH3 is 2. The molecule has 0 saturated carbocycles. The Hall–Kier alpha value is -5.42. The molecule has 3 saturated heterocycles. The van der Waals surface area contributed by atoms with E-state index in [1.54, 1.807) is 39.7 Å². The van der Waals surface area contributed by atoms with E-state index >= 15 is 0 Å². The molecule has 4 aromatic rings. The molecule has 5 heterocycles. The van der Waals surface area contributed by atoms with E-state index in [1.165, 1.54) is 10.6 Å². The number of carbonyl (C=O) groups is 3. The number of hydrogen-bond acceptors (Lipinski definition) is 10. The van der Waals surface area contributed by atoms with Crippen molar-refractivity contribution in [3.8, 4) is 22.6 Å². The molecular weight excluding hydrogens is 733 g/mol. The predicted octanol–water partition coefficient (Wildman–Crippen LogP) is 3.71. The molecule has 1 unspecified atom stereocenters. The number of carbonyl (C=O) groups excluding carboxylic acids is 3. The Labute approximate surface area is 320 Å². The van der Waals surface area contributed by atoms with Crippen LogP contribution in [0.5, 0.6) is 11.5 Å². The number of anilines is 1. The number of pyridine rings is 1. The number of H-pyrrole nitrogens is 1. The number of imide groups is 1. The van der Waals surface area contributed by atoms with Crippen molar-refractivity contribution < 1.29 is 37.0 Å². The van der Waals surface area contributed by atoms with Crippen molar-refractivity contribution in [2.45, 2.75) is 50.4 Å². The number of aromatic amines is 1. The predicted molar refractivity (Wildman–Crippen MR) is 201 cm³/mol. The highest BCUT2D eigenvalue weighted by molar-refractivity contribution is 6.01. The molecule has 14 nitrogen and oxygen atoms in total. The van der Waals surface area contributed by atoms with Crippen LogP contribution in [0.25, 0.3) is 22.0 Å². The van der Waals surface area contributed by atoms with E-state index in [0.29, 0.717) is 81.1 Å². The fourth-order valence-corrected chi connectivity index (χ4v) is 8.03. The molecule has 56 heavy (non-hydrogen) atoms. The Bertz CT molecular complexity index is 2160. The lowest BCUT2D eigenvalue weighted by Crippen LogP contribution is -2.51. The first-order chi connectivity index (χ1) is 26.8. The minimum absolute atomic E-state index is 0.00899. The van der Waals surface area contributed by atoms with Crippen LogP contribution in [0.4, 0.5) is 18.9 Å². The first-order valence-corrected chi connectivity index (χ1v) is 18.6. The highest BCUT2D eigenvalue weighted by atomic mass is 19.4. The van der Waals surface area contributed by atoms with E-state index in [0.717, 1.165) is 22.8 Å². The summed E-state index contributed by atoms with van der Waals surface area (Å²) in [6.45, 7) is 4.04. The third-order valence-corrected chi connectivity index (χ3v) is 11.1. The van der Waals surface area contributed by atoms with Crippen LogP contribution in [-0.4, -0.2) is 113 Å². The van der Waals surface area contributed by atoms with E-state index in [4.69, 9.17) is 9.47 Å². The maximum Gasteiger partial charge on any atom is 0.416 e. The third kappa shape index (κ3) is 8.09. The molecule has 2 aromatic heterocycles. The third-order valence-electron chi connectivity index (χ3n) is 11.1. The molecule has 3 N–H and O–H groups in total. The fourth-order valence-electron chi connectivity index (χ4n) is 8.03. The maximum atomic E-state index is 14.3. The van der Waals surface area contributed by atoms with Gasteiger partial charge in [-0.05, 0) is 73.7 Å². The molecule has 3 aliphatic rings. The second-order valence-corrected chi connectivity index (χ2v) is 14.6. The van der Waals surface area contributed by atoms with Crippen LogP contribution in [0.2, 0.25) is 0 Å². The Morgan fingerprint density at radius 1 is 0.946 bits per heavy atom. The number of hydrogen-bond donors (Lipinski definition) is 3. The molecule has 0 bridgehead atoms. The van der Waals surface area contributed by atoms with Crippen LogP contribution in [0, 0.1) is 0 Å². The van der Waals surface area contributed by atoms with Crippen LogP contribution in [0.3, 0.4) is 0 Å². The van der Waals surface area contributed by atoms with Gasteiger partial charge in [-0.15, -0.1) is 0 Å². The average molecular weight is 779 g/mol. The Kier molecular flexibility index (Phi) is 11.1. The molecule has 1 atom stereocenters. The number of likely N-dealkylation sites (tertiary alicyclic amines) is 1. The van der Waals surface area contributed by atoms with E-state index < -0.39 is 29.6 Å². The van der Waals surface area contributed by atoms with Crippen molar-refractivity contribution >= 4 is 34.3 Å². The quantitative estimate of drug-likeness (QED) is 0.203. The SMILES string of the molecule is COc1cc(-c2cn(C)c(=O)c3[nH]ncc23)cc(OC)c1CN1CCN(C(=O)CN2CCC(c3ccc(NC4CCC(=O)NC4=O)cc3C(F)(F)F)CC2)CC1. The lowest BCUT2D eigenvalue weighted by molar-refractivity contribution is -0.138. The van der Waals surface area contributed by atoms with E-state index in [1.807, 2.05) is 21.9 Å². The summed E-state index contributed by atoms with van der Waals surface area (Å²) in [4.78, 5) is 55.7. The highest BCUT2D eigenvalue weighted by Crippen LogP contribution is 2.41. The second-order valence-electron chi connectivity index (χ2n) is 14.6. The number of fused-ring (bicyclic) bond motifs is 1. The molecule has 2 aromatic carbocycles. The number of piperazine rings is 1. The first-order valence-electron chi connectivity index (χ1n) is 18.6. The summed E-state index contributed by atoms with van der Waals surface area (Å²) in [7, 11) is 4.89. The Morgan fingerprint density at radius 2 is 1.64 bits per heavy atom. The van der Waals surface area contributed by atoms with Gasteiger partial charge in [0.2, 0.25) is 17.7 Å². The zero-order valence-electron chi connectivity index (χ0n) is 31.5. The molecular formula is C39H45F3N8O6. The molecule has 3 fully saturated rings. The Morgan fingerprint density at radius 3 is 2.29 bits per heavy atom. The van der Waals surface area contributed by atoms with Crippen molar-refractivity contribution in [3.05, 3.63) is 69.8 Å². The normalized spacial score (nSPS) is 19.0. The molecule has 0 spiro atoms. The average Bonchev–Trinajstić information content (AvgIpc) is 3.68. The van der Waals surface area contributed by atoms with Crippen LogP contribution < -0.4 is 25.7 Å². The number of nitrogens with one attached hydrogen (secondary N) is 3. The van der Waals surface area contributed by atoms with Gasteiger partial charge in [0.15, 0.2) is 0 Å². The van der Waals surface area contributed by atoms with Crippen LogP contribution in [-0.2, 0) is 34.2 Å². The summed E-state index contributed by atoms with van der Waals surface area (Å²) in [5.41, 5.74) is 2.34. The van der Waals surface area contributed by atoms with Crippen molar-refractivity contribution in [2.24, 2.45) is 7.05 Å². The van der Waals surface area contributed by atoms with Gasteiger partial charge in [-0.25, -0.2) is 0 Å². The number of benzene rings is 2. The lowest BCUT2D eigenvalue weighted by Gasteiger charge is -2.37. The van der Waals surface area contributed by atoms with Gasteiger partial charge < -0.3 is 24.3 Å². The van der Waals surface area contributed by atoms with Crippen LogP contribution >= 0.6 is 0 Å². The van der Waals surface area contributed by atoms with Crippen molar-refractivity contribution in [2.75, 3.05) is 65.3 Å². The number of ether oxygens (including phenoxy) is 2. The highest BCUT2D eigenvalue weighted by Gasteiger charge is 2.37. The smallest absolute Gasteiger partial charge is 0.416 e. The number of aryl methyl sites for hydroxylation is 1. The van der Waals surface area contributed by atoms with Gasteiger partial charge in [0.1, 0.15) is 23.1 Å². The summed E-state index contributed by atoms with van der Waals surface area (Å²) in [6.07, 6.45) is 0.0700. The number of amides is 3. The monoisotopic (exact) mass is 778 g/mol. The summed E-state index contributed by atoms with van der Waals surface area (Å²) in [5.74, 6) is -0.0240. The van der Waals surface area contributed by atoms with Crippen LogP contribution in [0.15, 0.2) is 47.5 Å². The number of piperidine rings is 2. The molecule has 298 valence electrons. The summed E-state index contributed by atoms with van der Waals surface area (Å²) in [5, 5.41) is 12.6. The molecule has 0 radical (unpaired) electrons. The Balaban J connectivity index is 0.935. The standard InChI is InChI=1S/C39H45F3N8O6/c1-47-20-28(27-19-43-46-36(27)38(47)54)24-16-32(55-2)29(33(17-24)56-3)21-49-12-14-50(15-13-49)35(52)22-48-10-8-23(9-11-48)26-5-4-25(18-30(26)39(40,41)42)44-31-6-7-34(51)45-37(31)53/h4-5,16-20,23,31,44H,6-15,21-22H2,1-3H3,(H,43,46)(H,45,51,53). The van der Waals surface area contributed by atoms with Gasteiger partial charge in [-0.1, -0.05) is 6.07 Å². The first kappa shape index (κ1) is 38.8. The van der Waals surface area contributed by atoms with Gasteiger partial charge in [-0.2, -0.15) is 18.3 Å². The van der Waals surface area contributed by atoms with Crippen molar-refractivity contribution in [1.82, 2.24) is 34.8 Å². The lowest BCUT2D eigenvalue weighted by atomic mass is 9.86. The van der Waals surface area contributed by atoms with E-state index in [9.17, 15) is 32.3 Å². The van der Waals surface area contributed by atoms with Gasteiger partial charge in [0.05, 0.1) is 38.1 Å². The van der Waals surface area contributed by atoms with Gasteiger partial charge >= 0.3 is 6.18 Å². The summed E-state index contributed by atoms with van der Waals surface area (Å²) in [6, 6.07) is 7.14.